The molecule has 0 atom stereocenters. The van der Waals surface area contributed by atoms with Gasteiger partial charge >= 0.3 is 0 Å². The van der Waals surface area contributed by atoms with Crippen LogP contribution in [0.15, 0.2) is 121 Å². The average Bonchev–Trinajstić information content (AvgIpc) is 3.43. The van der Waals surface area contributed by atoms with Gasteiger partial charge in [0.1, 0.15) is 5.82 Å². The molecule has 6 aromatic rings. The molecule has 2 heteroatoms. The molecule has 1 aliphatic rings. The highest BCUT2D eigenvalue weighted by Crippen LogP contribution is 2.49. The van der Waals surface area contributed by atoms with Gasteiger partial charge in [0.25, 0.3) is 0 Å². The number of aromatic nitrogens is 2. The lowest BCUT2D eigenvalue weighted by molar-refractivity contribution is 0.660. The number of imidazole rings is 1. The zero-order valence-electron chi connectivity index (χ0n) is 20.4. The molecule has 0 saturated heterocycles. The van der Waals surface area contributed by atoms with E-state index in [-0.39, 0.29) is 5.41 Å². The van der Waals surface area contributed by atoms with Gasteiger partial charge in [-0.15, -0.1) is 0 Å². The third kappa shape index (κ3) is 3.08. The summed E-state index contributed by atoms with van der Waals surface area (Å²) in [7, 11) is 0. The Bertz CT molecular complexity index is 1740. The molecule has 1 aromatic heterocycles. The molecule has 0 saturated carbocycles. The number of nitrogens with zero attached hydrogens (tertiary/aromatic N) is 2. The van der Waals surface area contributed by atoms with Crippen LogP contribution in [0, 0.1) is 0 Å². The van der Waals surface area contributed by atoms with Crippen LogP contribution in [0.4, 0.5) is 0 Å². The van der Waals surface area contributed by atoms with Gasteiger partial charge in [0.05, 0.1) is 11.0 Å². The zero-order valence-corrected chi connectivity index (χ0v) is 20.4. The van der Waals surface area contributed by atoms with E-state index in [1.807, 2.05) is 12.1 Å². The molecule has 0 fully saturated rings. The Labute approximate surface area is 211 Å². The number of rotatable bonds is 3. The number of benzene rings is 5. The molecule has 0 unspecified atom stereocenters. The molecule has 0 amide bonds. The van der Waals surface area contributed by atoms with Crippen molar-refractivity contribution >= 4 is 11.0 Å². The normalized spacial score (nSPS) is 13.5. The summed E-state index contributed by atoms with van der Waals surface area (Å²) in [6, 6.07) is 43.4. The van der Waals surface area contributed by atoms with E-state index in [2.05, 4.69) is 128 Å². The molecule has 1 aliphatic carbocycles. The Balaban J connectivity index is 1.32. The summed E-state index contributed by atoms with van der Waals surface area (Å²) in [5, 5.41) is 0. The standard InChI is InChI=1S/C34H26N2/c1-34(2)29-13-7-6-12-27(29)28-21-18-25(22-30(28)34)23-16-19-26(20-17-23)36-32-15-9-8-14-31(32)35-33(36)24-10-4-3-5-11-24/h3-22H,1-2H3. The molecule has 0 spiro atoms. The second-order valence-corrected chi connectivity index (χ2v) is 10.1. The van der Waals surface area contributed by atoms with Gasteiger partial charge in [0.2, 0.25) is 0 Å². The summed E-state index contributed by atoms with van der Waals surface area (Å²) < 4.78 is 2.26. The van der Waals surface area contributed by atoms with Crippen LogP contribution < -0.4 is 0 Å². The van der Waals surface area contributed by atoms with Gasteiger partial charge < -0.3 is 0 Å². The average molecular weight is 463 g/mol. The fraction of sp³-hybridized carbons (Fsp3) is 0.0882. The van der Waals surface area contributed by atoms with E-state index in [0.29, 0.717) is 0 Å². The molecule has 0 aliphatic heterocycles. The molecule has 1 heterocycles. The summed E-state index contributed by atoms with van der Waals surface area (Å²) in [5.74, 6) is 0.960. The lowest BCUT2D eigenvalue weighted by atomic mass is 9.81. The highest BCUT2D eigenvalue weighted by Gasteiger charge is 2.35. The van der Waals surface area contributed by atoms with Gasteiger partial charge in [-0.3, -0.25) is 4.57 Å². The Morgan fingerprint density at radius 2 is 1.22 bits per heavy atom. The fourth-order valence-corrected chi connectivity index (χ4v) is 5.76. The first kappa shape index (κ1) is 20.9. The van der Waals surface area contributed by atoms with E-state index < -0.39 is 0 Å². The predicted octanol–water partition coefficient (Wildman–Crippen LogP) is 8.67. The van der Waals surface area contributed by atoms with Gasteiger partial charge in [-0.2, -0.15) is 0 Å². The smallest absolute Gasteiger partial charge is 0.145 e. The lowest BCUT2D eigenvalue weighted by Crippen LogP contribution is -2.14. The monoisotopic (exact) mass is 462 g/mol. The minimum atomic E-state index is 0.00217. The van der Waals surface area contributed by atoms with E-state index in [1.165, 1.54) is 33.4 Å². The fourth-order valence-electron chi connectivity index (χ4n) is 5.76. The highest BCUT2D eigenvalue weighted by molar-refractivity contribution is 5.85. The number of para-hydroxylation sites is 2. The molecule has 2 nitrogen and oxygen atoms in total. The van der Waals surface area contributed by atoms with Gasteiger partial charge in [-0.1, -0.05) is 105 Å². The van der Waals surface area contributed by atoms with Crippen molar-refractivity contribution in [3.8, 4) is 39.3 Å². The third-order valence-corrected chi connectivity index (χ3v) is 7.64. The summed E-state index contributed by atoms with van der Waals surface area (Å²) in [6.45, 7) is 4.67. The quantitative estimate of drug-likeness (QED) is 0.257. The van der Waals surface area contributed by atoms with Crippen LogP contribution >= 0.6 is 0 Å². The highest BCUT2D eigenvalue weighted by atomic mass is 15.1. The Morgan fingerprint density at radius 1 is 0.556 bits per heavy atom. The first-order valence-corrected chi connectivity index (χ1v) is 12.5. The van der Waals surface area contributed by atoms with Gasteiger partial charge in [0.15, 0.2) is 0 Å². The molecular weight excluding hydrogens is 436 g/mol. The van der Waals surface area contributed by atoms with E-state index >= 15 is 0 Å². The van der Waals surface area contributed by atoms with E-state index in [4.69, 9.17) is 4.98 Å². The molecular formula is C34H26N2. The third-order valence-electron chi connectivity index (χ3n) is 7.64. The van der Waals surface area contributed by atoms with Crippen molar-refractivity contribution in [2.75, 3.05) is 0 Å². The summed E-state index contributed by atoms with van der Waals surface area (Å²) in [4.78, 5) is 4.98. The van der Waals surface area contributed by atoms with Crippen LogP contribution in [0.3, 0.4) is 0 Å². The molecule has 7 rings (SSSR count). The molecule has 0 bridgehead atoms. The number of fused-ring (bicyclic) bond motifs is 4. The molecule has 0 radical (unpaired) electrons. The molecule has 5 aromatic carbocycles. The minimum absolute atomic E-state index is 0.00217. The Morgan fingerprint density at radius 3 is 2.06 bits per heavy atom. The SMILES string of the molecule is CC1(C)c2ccccc2-c2ccc(-c3ccc(-n4c(-c5ccccc5)nc5ccccc54)cc3)cc21. The minimum Gasteiger partial charge on any atom is -0.292 e. The maximum Gasteiger partial charge on any atom is 0.145 e. The van der Waals surface area contributed by atoms with E-state index in [0.717, 1.165) is 28.1 Å². The summed E-state index contributed by atoms with van der Waals surface area (Å²) >= 11 is 0. The molecule has 172 valence electrons. The largest absolute Gasteiger partial charge is 0.292 e. The first-order chi connectivity index (χ1) is 17.6. The molecule has 36 heavy (non-hydrogen) atoms. The van der Waals surface area contributed by atoms with Crippen LogP contribution in [0.2, 0.25) is 0 Å². The summed E-state index contributed by atoms with van der Waals surface area (Å²) in [5.41, 5.74) is 12.3. The lowest BCUT2D eigenvalue weighted by Gasteiger charge is -2.22. The first-order valence-electron chi connectivity index (χ1n) is 12.5. The van der Waals surface area contributed by atoms with E-state index in [1.54, 1.807) is 0 Å². The van der Waals surface area contributed by atoms with Crippen molar-refractivity contribution in [2.45, 2.75) is 19.3 Å². The van der Waals surface area contributed by atoms with E-state index in [9.17, 15) is 0 Å². The van der Waals surface area contributed by atoms with Crippen molar-refractivity contribution in [1.29, 1.82) is 0 Å². The second-order valence-electron chi connectivity index (χ2n) is 10.1. The van der Waals surface area contributed by atoms with Gasteiger partial charge in [0, 0.05) is 16.7 Å². The maximum absolute atomic E-state index is 4.98. The zero-order chi connectivity index (χ0) is 24.3. The van der Waals surface area contributed by atoms with Crippen LogP contribution in [0.1, 0.15) is 25.0 Å². The van der Waals surface area contributed by atoms with Crippen LogP contribution in [0.25, 0.3) is 50.4 Å². The van der Waals surface area contributed by atoms with Crippen LogP contribution in [-0.4, -0.2) is 9.55 Å². The Kier molecular flexibility index (Phi) is 4.52. The van der Waals surface area contributed by atoms with Crippen molar-refractivity contribution in [3.05, 3.63) is 132 Å². The van der Waals surface area contributed by atoms with Crippen molar-refractivity contribution < 1.29 is 0 Å². The summed E-state index contributed by atoms with van der Waals surface area (Å²) in [6.07, 6.45) is 0. The van der Waals surface area contributed by atoms with Crippen LogP contribution in [-0.2, 0) is 5.41 Å². The number of hydrogen-bond acceptors (Lipinski definition) is 1. The maximum atomic E-state index is 4.98. The Hall–Kier alpha value is -4.43. The van der Waals surface area contributed by atoms with Crippen molar-refractivity contribution in [3.63, 3.8) is 0 Å². The predicted molar refractivity (Wildman–Crippen MR) is 150 cm³/mol. The van der Waals surface area contributed by atoms with Gasteiger partial charge in [-0.25, -0.2) is 4.98 Å². The van der Waals surface area contributed by atoms with Crippen molar-refractivity contribution in [1.82, 2.24) is 9.55 Å². The van der Waals surface area contributed by atoms with Crippen LogP contribution in [0.5, 0.6) is 0 Å². The molecule has 0 N–H and O–H groups in total. The second kappa shape index (κ2) is 7.79. The number of hydrogen-bond donors (Lipinski definition) is 0. The van der Waals surface area contributed by atoms with Gasteiger partial charge in [-0.05, 0) is 63.7 Å². The topological polar surface area (TPSA) is 17.8 Å². The van der Waals surface area contributed by atoms with Crippen molar-refractivity contribution in [2.24, 2.45) is 0 Å².